The van der Waals surface area contributed by atoms with Crippen LogP contribution in [0, 0.1) is 17.8 Å². The fourth-order valence-corrected chi connectivity index (χ4v) is 5.31. The lowest BCUT2D eigenvalue weighted by molar-refractivity contribution is 0.314. The molecule has 3 nitrogen and oxygen atoms in total. The molecule has 2 aliphatic rings. The van der Waals surface area contributed by atoms with Gasteiger partial charge >= 0.3 is 0 Å². The predicted octanol–water partition coefficient (Wildman–Crippen LogP) is 0.406. The van der Waals surface area contributed by atoms with Gasteiger partial charge in [-0.3, -0.25) is 0 Å². The molecule has 2 N–H and O–H groups in total. The molecule has 1 saturated heterocycles. The van der Waals surface area contributed by atoms with Crippen LogP contribution in [0.25, 0.3) is 0 Å². The smallest absolute Gasteiger partial charge is 0.150 e. The van der Waals surface area contributed by atoms with Crippen molar-refractivity contribution in [2.75, 3.05) is 18.1 Å². The van der Waals surface area contributed by atoms with E-state index >= 15 is 0 Å². The van der Waals surface area contributed by atoms with Crippen molar-refractivity contribution in [1.29, 1.82) is 0 Å². The van der Waals surface area contributed by atoms with Crippen LogP contribution in [-0.4, -0.2) is 26.5 Å². The number of nitrogens with two attached hydrogens (primary N) is 1. The predicted molar refractivity (Wildman–Crippen MR) is 52.0 cm³/mol. The molecule has 2 rings (SSSR count). The van der Waals surface area contributed by atoms with E-state index in [-0.39, 0.29) is 0 Å². The Morgan fingerprint density at radius 1 is 1.15 bits per heavy atom. The van der Waals surface area contributed by atoms with Gasteiger partial charge in [-0.1, -0.05) is 0 Å². The van der Waals surface area contributed by atoms with Gasteiger partial charge in [-0.15, -0.1) is 0 Å². The molecule has 1 aliphatic carbocycles. The maximum Gasteiger partial charge on any atom is 0.150 e. The Hall–Kier alpha value is -0.0900. The van der Waals surface area contributed by atoms with Crippen molar-refractivity contribution in [1.82, 2.24) is 0 Å². The maximum absolute atomic E-state index is 11.4. The molecule has 2 bridgehead atoms. The van der Waals surface area contributed by atoms with Crippen molar-refractivity contribution in [2.45, 2.75) is 19.3 Å². The van der Waals surface area contributed by atoms with E-state index in [4.69, 9.17) is 5.73 Å². The van der Waals surface area contributed by atoms with Crippen LogP contribution in [0.1, 0.15) is 19.3 Å². The van der Waals surface area contributed by atoms with Crippen LogP contribution in [0.4, 0.5) is 0 Å². The minimum absolute atomic E-state index is 0.423. The number of hydrogen-bond acceptors (Lipinski definition) is 3. The van der Waals surface area contributed by atoms with Crippen LogP contribution in [0.15, 0.2) is 0 Å². The van der Waals surface area contributed by atoms with Crippen molar-refractivity contribution < 1.29 is 8.42 Å². The van der Waals surface area contributed by atoms with Gasteiger partial charge in [0.25, 0.3) is 0 Å². The summed E-state index contributed by atoms with van der Waals surface area (Å²) in [5.41, 5.74) is 5.53. The van der Waals surface area contributed by atoms with E-state index in [0.29, 0.717) is 35.8 Å². The van der Waals surface area contributed by atoms with Crippen molar-refractivity contribution >= 4 is 9.84 Å². The molecule has 4 heteroatoms. The van der Waals surface area contributed by atoms with E-state index in [1.807, 2.05) is 0 Å². The zero-order valence-corrected chi connectivity index (χ0v) is 8.59. The Bertz CT molecular complexity index is 266. The first-order valence-corrected chi connectivity index (χ1v) is 6.85. The van der Waals surface area contributed by atoms with Gasteiger partial charge in [0.15, 0.2) is 9.84 Å². The summed E-state index contributed by atoms with van der Waals surface area (Å²) in [6.07, 6.45) is 3.23. The van der Waals surface area contributed by atoms with Crippen LogP contribution in [0.2, 0.25) is 0 Å². The molecule has 0 aromatic rings. The summed E-state index contributed by atoms with van der Waals surface area (Å²) in [4.78, 5) is 0. The second-order valence-corrected chi connectivity index (χ2v) is 6.57. The van der Waals surface area contributed by atoms with Crippen molar-refractivity contribution in [3.8, 4) is 0 Å². The van der Waals surface area contributed by atoms with E-state index in [9.17, 15) is 8.42 Å². The van der Waals surface area contributed by atoms with E-state index in [1.165, 1.54) is 0 Å². The third-order valence-electron chi connectivity index (χ3n) is 3.56. The van der Waals surface area contributed by atoms with Gasteiger partial charge in [-0.2, -0.15) is 0 Å². The van der Waals surface area contributed by atoms with Crippen LogP contribution < -0.4 is 5.73 Å². The third-order valence-corrected chi connectivity index (χ3v) is 5.43. The van der Waals surface area contributed by atoms with Gasteiger partial charge in [0, 0.05) is 0 Å². The van der Waals surface area contributed by atoms with Crippen LogP contribution in [-0.2, 0) is 9.84 Å². The van der Waals surface area contributed by atoms with Gasteiger partial charge in [-0.25, -0.2) is 8.42 Å². The second kappa shape index (κ2) is 3.24. The molecule has 0 spiro atoms. The Labute approximate surface area is 79.6 Å². The van der Waals surface area contributed by atoms with Crippen LogP contribution in [0.3, 0.4) is 0 Å². The molecule has 2 fully saturated rings. The molecular weight excluding hydrogens is 186 g/mol. The van der Waals surface area contributed by atoms with Crippen molar-refractivity contribution in [3.63, 3.8) is 0 Å². The number of rotatable bonds is 2. The first-order valence-electron chi connectivity index (χ1n) is 5.03. The number of sulfone groups is 1. The normalized spacial score (nSPS) is 42.1. The number of fused-ring (bicyclic) bond motifs is 2. The quantitative estimate of drug-likeness (QED) is 0.707. The fourth-order valence-electron chi connectivity index (χ4n) is 3.04. The maximum atomic E-state index is 11.4. The third kappa shape index (κ3) is 1.74. The van der Waals surface area contributed by atoms with Gasteiger partial charge in [0.2, 0.25) is 0 Å². The molecule has 1 saturated carbocycles. The highest BCUT2D eigenvalue weighted by molar-refractivity contribution is 7.91. The standard InChI is InChI=1S/C9H17NO2S/c10-4-3-9-7-1-2-8(9)6-13(11,12)5-7/h7-9H,1-6,10H2. The van der Waals surface area contributed by atoms with Gasteiger partial charge in [0.05, 0.1) is 11.5 Å². The summed E-state index contributed by atoms with van der Waals surface area (Å²) in [7, 11) is -2.71. The molecular formula is C9H17NO2S. The first-order chi connectivity index (χ1) is 6.12. The SMILES string of the molecule is NCCC1C2CCC1CS(=O)(=O)C2. The van der Waals surface area contributed by atoms with E-state index in [0.717, 1.165) is 19.3 Å². The largest absolute Gasteiger partial charge is 0.330 e. The average Bonchev–Trinajstić information content (AvgIpc) is 2.31. The summed E-state index contributed by atoms with van der Waals surface area (Å²) >= 11 is 0. The van der Waals surface area contributed by atoms with Gasteiger partial charge in [-0.05, 0) is 43.6 Å². The summed E-state index contributed by atoms with van der Waals surface area (Å²) < 4.78 is 22.9. The average molecular weight is 203 g/mol. The molecule has 13 heavy (non-hydrogen) atoms. The van der Waals surface area contributed by atoms with Crippen molar-refractivity contribution in [3.05, 3.63) is 0 Å². The Morgan fingerprint density at radius 2 is 1.69 bits per heavy atom. The molecule has 2 atom stereocenters. The highest BCUT2D eigenvalue weighted by Gasteiger charge is 2.44. The highest BCUT2D eigenvalue weighted by Crippen LogP contribution is 2.44. The summed E-state index contributed by atoms with van der Waals surface area (Å²) in [6, 6.07) is 0. The molecule has 2 unspecified atom stereocenters. The Kier molecular flexibility index (Phi) is 2.36. The molecule has 0 aromatic carbocycles. The lowest BCUT2D eigenvalue weighted by atomic mass is 9.88. The summed E-state index contributed by atoms with van der Waals surface area (Å²) in [5.74, 6) is 2.30. The topological polar surface area (TPSA) is 60.2 Å². The van der Waals surface area contributed by atoms with Crippen LogP contribution in [0.5, 0.6) is 0 Å². The Morgan fingerprint density at radius 3 is 2.15 bits per heavy atom. The van der Waals surface area contributed by atoms with Crippen LogP contribution >= 0.6 is 0 Å². The zero-order valence-electron chi connectivity index (χ0n) is 7.78. The van der Waals surface area contributed by atoms with E-state index < -0.39 is 9.84 Å². The molecule has 0 radical (unpaired) electrons. The first kappa shape index (κ1) is 9.46. The summed E-state index contributed by atoms with van der Waals surface area (Å²) in [5, 5.41) is 0. The minimum atomic E-state index is -2.71. The molecule has 76 valence electrons. The highest BCUT2D eigenvalue weighted by atomic mass is 32.2. The molecule has 0 amide bonds. The zero-order chi connectivity index (χ0) is 9.47. The number of hydrogen-bond donors (Lipinski definition) is 1. The fraction of sp³-hybridized carbons (Fsp3) is 1.00. The van der Waals surface area contributed by atoms with Gasteiger partial charge in [0.1, 0.15) is 0 Å². The summed E-state index contributed by atoms with van der Waals surface area (Å²) in [6.45, 7) is 0.706. The Balaban J connectivity index is 2.13. The van der Waals surface area contributed by atoms with Crippen molar-refractivity contribution in [2.24, 2.45) is 23.5 Å². The van der Waals surface area contributed by atoms with Gasteiger partial charge < -0.3 is 5.73 Å². The molecule has 1 aliphatic heterocycles. The lowest BCUT2D eigenvalue weighted by Crippen LogP contribution is -2.35. The second-order valence-electron chi connectivity index (χ2n) is 4.42. The molecule has 0 aromatic heterocycles. The van der Waals surface area contributed by atoms with E-state index in [2.05, 4.69) is 0 Å². The molecule has 1 heterocycles. The lowest BCUT2D eigenvalue weighted by Gasteiger charge is -2.29. The monoisotopic (exact) mass is 203 g/mol. The van der Waals surface area contributed by atoms with E-state index in [1.54, 1.807) is 0 Å². The minimum Gasteiger partial charge on any atom is -0.330 e.